The summed E-state index contributed by atoms with van der Waals surface area (Å²) >= 11 is 6.07. The largest absolute Gasteiger partial charge is 0.444 e. The van der Waals surface area contributed by atoms with Gasteiger partial charge in [-0.05, 0) is 32.9 Å². The number of anilines is 1. The summed E-state index contributed by atoms with van der Waals surface area (Å²) in [5.41, 5.74) is 10.7. The average molecular weight is 312 g/mol. The number of rotatable bonds is 3. The van der Waals surface area contributed by atoms with E-state index in [4.69, 9.17) is 27.8 Å². The van der Waals surface area contributed by atoms with Crippen molar-refractivity contribution in [1.82, 2.24) is 0 Å². The molecule has 21 heavy (non-hydrogen) atoms. The van der Waals surface area contributed by atoms with E-state index in [1.54, 1.807) is 39.0 Å². The van der Waals surface area contributed by atoms with Crippen molar-refractivity contribution < 1.29 is 9.53 Å². The Morgan fingerprint density at radius 1 is 1.38 bits per heavy atom. The van der Waals surface area contributed by atoms with Crippen molar-refractivity contribution in [2.45, 2.75) is 26.4 Å². The van der Waals surface area contributed by atoms with E-state index in [-0.39, 0.29) is 5.96 Å². The first-order valence-corrected chi connectivity index (χ1v) is 6.47. The maximum absolute atomic E-state index is 11.8. The van der Waals surface area contributed by atoms with Gasteiger partial charge in [0.15, 0.2) is 0 Å². The number of carbonyl (C=O) groups is 1. The van der Waals surface area contributed by atoms with Gasteiger partial charge in [-0.2, -0.15) is 5.10 Å². The van der Waals surface area contributed by atoms with E-state index < -0.39 is 11.7 Å². The van der Waals surface area contributed by atoms with E-state index in [1.807, 2.05) is 0 Å². The third-order valence-electron chi connectivity index (χ3n) is 2.05. The van der Waals surface area contributed by atoms with Gasteiger partial charge in [-0.3, -0.25) is 5.32 Å². The highest BCUT2D eigenvalue weighted by Crippen LogP contribution is 2.23. The fourth-order valence-electron chi connectivity index (χ4n) is 1.34. The second-order valence-electron chi connectivity index (χ2n) is 5.10. The number of benzene rings is 1. The van der Waals surface area contributed by atoms with Gasteiger partial charge in [0.2, 0.25) is 5.96 Å². The first kappa shape index (κ1) is 16.8. The number of halogens is 1. The highest BCUT2D eigenvalue weighted by Gasteiger charge is 2.17. The summed E-state index contributed by atoms with van der Waals surface area (Å²) in [6.07, 6.45) is 0.746. The molecule has 1 rings (SSSR count). The third kappa shape index (κ3) is 6.13. The van der Waals surface area contributed by atoms with Crippen LogP contribution in [0.2, 0.25) is 5.02 Å². The normalized spacial score (nSPS) is 11.2. The van der Waals surface area contributed by atoms with Gasteiger partial charge in [0.05, 0.1) is 16.9 Å². The van der Waals surface area contributed by atoms with E-state index in [9.17, 15) is 4.79 Å². The van der Waals surface area contributed by atoms with Crippen LogP contribution in [0.15, 0.2) is 28.4 Å². The zero-order valence-corrected chi connectivity index (χ0v) is 12.8. The zero-order valence-electron chi connectivity index (χ0n) is 12.1. The fraction of sp³-hybridized carbons (Fsp3) is 0.308. The molecule has 0 fully saturated rings. The Morgan fingerprint density at radius 3 is 2.62 bits per heavy atom. The van der Waals surface area contributed by atoms with Gasteiger partial charge in [-0.1, -0.05) is 17.7 Å². The molecule has 0 saturated carbocycles. The van der Waals surface area contributed by atoms with E-state index in [0.29, 0.717) is 16.3 Å². The first-order valence-electron chi connectivity index (χ1n) is 6.09. The number of nitrogens with two attached hydrogens (primary N) is 2. The SMILES string of the molecule is CC(C)(C)OC(=O)Nc1cccc(Cl)c1C=NN=C(N)N. The molecule has 0 spiro atoms. The number of nitrogens with zero attached hydrogens (tertiary/aromatic N) is 2. The standard InChI is InChI=1S/C13H18ClN5O2/c1-13(2,3)21-12(20)18-10-6-4-5-9(14)8(10)7-17-19-11(15)16/h4-7H,1-3H3,(H,18,20)(H4,15,16,19). The quantitative estimate of drug-likeness (QED) is 0.451. The molecule has 1 aromatic carbocycles. The Labute approximate surface area is 128 Å². The van der Waals surface area contributed by atoms with E-state index >= 15 is 0 Å². The molecule has 0 heterocycles. The van der Waals surface area contributed by atoms with Crippen LogP contribution in [0, 0.1) is 0 Å². The van der Waals surface area contributed by atoms with E-state index in [0.717, 1.165) is 0 Å². The lowest BCUT2D eigenvalue weighted by atomic mass is 10.2. The van der Waals surface area contributed by atoms with Crippen molar-refractivity contribution in [2.75, 3.05) is 5.32 Å². The van der Waals surface area contributed by atoms with Gasteiger partial charge in [0, 0.05) is 5.56 Å². The maximum atomic E-state index is 11.8. The molecular weight excluding hydrogens is 294 g/mol. The van der Waals surface area contributed by atoms with Crippen LogP contribution < -0.4 is 16.8 Å². The average Bonchev–Trinajstić information content (AvgIpc) is 2.29. The van der Waals surface area contributed by atoms with Crippen LogP contribution >= 0.6 is 11.6 Å². The molecule has 114 valence electrons. The van der Waals surface area contributed by atoms with E-state index in [1.165, 1.54) is 6.21 Å². The van der Waals surface area contributed by atoms with Gasteiger partial charge in [0.25, 0.3) is 0 Å². The van der Waals surface area contributed by atoms with Crippen LogP contribution in [-0.4, -0.2) is 23.9 Å². The molecule has 8 heteroatoms. The highest BCUT2D eigenvalue weighted by atomic mass is 35.5. The Hall–Kier alpha value is -2.28. The monoisotopic (exact) mass is 311 g/mol. The summed E-state index contributed by atoms with van der Waals surface area (Å²) in [6, 6.07) is 5.00. The molecular formula is C13H18ClN5O2. The zero-order chi connectivity index (χ0) is 16.0. The summed E-state index contributed by atoms with van der Waals surface area (Å²) in [5, 5.41) is 10.1. The molecule has 5 N–H and O–H groups in total. The van der Waals surface area contributed by atoms with Crippen LogP contribution in [-0.2, 0) is 4.74 Å². The number of amides is 1. The van der Waals surface area contributed by atoms with Crippen LogP contribution in [0.1, 0.15) is 26.3 Å². The predicted octanol–water partition coefficient (Wildman–Crippen LogP) is 2.29. The second kappa shape index (κ2) is 6.94. The molecule has 0 bridgehead atoms. The number of ether oxygens (including phenoxy) is 1. The lowest BCUT2D eigenvalue weighted by Crippen LogP contribution is -2.27. The lowest BCUT2D eigenvalue weighted by molar-refractivity contribution is 0.0636. The van der Waals surface area contributed by atoms with Crippen LogP contribution in [0.25, 0.3) is 0 Å². The summed E-state index contributed by atoms with van der Waals surface area (Å²) in [6.45, 7) is 5.31. The molecule has 0 aliphatic rings. The smallest absolute Gasteiger partial charge is 0.412 e. The van der Waals surface area contributed by atoms with Crippen molar-refractivity contribution in [1.29, 1.82) is 0 Å². The Balaban J connectivity index is 2.97. The van der Waals surface area contributed by atoms with Crippen LogP contribution in [0.3, 0.4) is 0 Å². The number of hydrogen-bond acceptors (Lipinski definition) is 4. The maximum Gasteiger partial charge on any atom is 0.412 e. The molecule has 0 aromatic heterocycles. The third-order valence-corrected chi connectivity index (χ3v) is 2.38. The number of guanidine groups is 1. The molecule has 7 nitrogen and oxygen atoms in total. The summed E-state index contributed by atoms with van der Waals surface area (Å²) in [4.78, 5) is 11.8. The molecule has 0 saturated heterocycles. The molecule has 0 radical (unpaired) electrons. The second-order valence-corrected chi connectivity index (χ2v) is 5.50. The van der Waals surface area contributed by atoms with Gasteiger partial charge in [-0.25, -0.2) is 4.79 Å². The van der Waals surface area contributed by atoms with Crippen LogP contribution in [0.4, 0.5) is 10.5 Å². The minimum absolute atomic E-state index is 0.181. The topological polar surface area (TPSA) is 115 Å². The molecule has 0 aliphatic heterocycles. The Bertz CT molecular complexity index is 574. The van der Waals surface area contributed by atoms with Crippen molar-refractivity contribution >= 4 is 35.6 Å². The van der Waals surface area contributed by atoms with Gasteiger partial charge in [-0.15, -0.1) is 5.10 Å². The molecule has 1 amide bonds. The van der Waals surface area contributed by atoms with Crippen molar-refractivity contribution in [2.24, 2.45) is 21.7 Å². The van der Waals surface area contributed by atoms with E-state index in [2.05, 4.69) is 15.5 Å². The number of nitrogens with one attached hydrogen (secondary N) is 1. The summed E-state index contributed by atoms with van der Waals surface area (Å²) in [7, 11) is 0. The fourth-order valence-corrected chi connectivity index (χ4v) is 1.57. The summed E-state index contributed by atoms with van der Waals surface area (Å²) < 4.78 is 5.17. The number of carbonyl (C=O) groups excluding carboxylic acids is 1. The number of hydrogen-bond donors (Lipinski definition) is 3. The minimum Gasteiger partial charge on any atom is -0.444 e. The van der Waals surface area contributed by atoms with Gasteiger partial charge in [0.1, 0.15) is 5.60 Å². The van der Waals surface area contributed by atoms with Crippen molar-refractivity contribution in [3.05, 3.63) is 28.8 Å². The van der Waals surface area contributed by atoms with Crippen molar-refractivity contribution in [3.63, 3.8) is 0 Å². The van der Waals surface area contributed by atoms with Crippen molar-refractivity contribution in [3.8, 4) is 0 Å². The minimum atomic E-state index is -0.602. The molecule has 0 aliphatic carbocycles. The van der Waals surface area contributed by atoms with Gasteiger partial charge < -0.3 is 16.2 Å². The molecule has 0 atom stereocenters. The highest BCUT2D eigenvalue weighted by molar-refractivity contribution is 6.33. The lowest BCUT2D eigenvalue weighted by Gasteiger charge is -2.20. The summed E-state index contributed by atoms with van der Waals surface area (Å²) in [5.74, 6) is -0.181. The Morgan fingerprint density at radius 2 is 2.05 bits per heavy atom. The first-order chi connectivity index (χ1) is 9.69. The molecule has 1 aromatic rings. The molecule has 0 unspecified atom stereocenters. The van der Waals surface area contributed by atoms with Crippen LogP contribution in [0.5, 0.6) is 0 Å². The Kier molecular flexibility index (Phi) is 5.54. The van der Waals surface area contributed by atoms with Gasteiger partial charge >= 0.3 is 6.09 Å². The predicted molar refractivity (Wildman–Crippen MR) is 84.7 cm³/mol.